The summed E-state index contributed by atoms with van der Waals surface area (Å²) in [5, 5.41) is 12.9. The van der Waals surface area contributed by atoms with E-state index in [1.807, 2.05) is 32.0 Å². The first-order valence-corrected chi connectivity index (χ1v) is 6.79. The summed E-state index contributed by atoms with van der Waals surface area (Å²) in [5.41, 5.74) is 2.56. The molecule has 0 amide bonds. The van der Waals surface area contributed by atoms with Crippen molar-refractivity contribution in [2.45, 2.75) is 20.0 Å². The van der Waals surface area contributed by atoms with Crippen LogP contribution in [0.25, 0.3) is 11.5 Å². The predicted molar refractivity (Wildman–Crippen MR) is 81.1 cm³/mol. The molecule has 2 rings (SSSR count). The third-order valence-electron chi connectivity index (χ3n) is 3.15. The molecule has 1 atom stereocenters. The lowest BCUT2D eigenvalue weighted by Crippen LogP contribution is -2.25. The number of pyridine rings is 1. The zero-order valence-electron chi connectivity index (χ0n) is 12.5. The molecule has 2 aromatic rings. The van der Waals surface area contributed by atoms with E-state index >= 15 is 0 Å². The molecular formula is C15H20N4O2. The molecule has 0 aliphatic heterocycles. The normalized spacial score (nSPS) is 12.2. The Kier molecular flexibility index (Phi) is 5.19. The van der Waals surface area contributed by atoms with Gasteiger partial charge in [0.25, 0.3) is 0 Å². The highest BCUT2D eigenvalue weighted by atomic mass is 16.5. The number of aryl methyl sites for hydroxylation is 1. The first kappa shape index (κ1) is 15.3. The van der Waals surface area contributed by atoms with E-state index in [2.05, 4.69) is 20.3 Å². The van der Waals surface area contributed by atoms with Gasteiger partial charge in [-0.3, -0.25) is 4.98 Å². The van der Waals surface area contributed by atoms with E-state index in [4.69, 9.17) is 4.74 Å². The van der Waals surface area contributed by atoms with Gasteiger partial charge < -0.3 is 15.2 Å². The van der Waals surface area contributed by atoms with E-state index in [0.29, 0.717) is 18.2 Å². The summed E-state index contributed by atoms with van der Waals surface area (Å²) in [6.07, 6.45) is 1.13. The van der Waals surface area contributed by atoms with Crippen molar-refractivity contribution in [3.05, 3.63) is 35.7 Å². The Bertz CT molecular complexity index is 590. The van der Waals surface area contributed by atoms with Gasteiger partial charge in [0.15, 0.2) is 5.82 Å². The molecule has 2 aromatic heterocycles. The lowest BCUT2D eigenvalue weighted by atomic mass is 10.2. The predicted octanol–water partition coefficient (Wildman–Crippen LogP) is 1.57. The molecule has 0 radical (unpaired) electrons. The van der Waals surface area contributed by atoms with Crippen molar-refractivity contribution < 1.29 is 9.84 Å². The van der Waals surface area contributed by atoms with Gasteiger partial charge in [-0.05, 0) is 26.0 Å². The van der Waals surface area contributed by atoms with Gasteiger partial charge in [-0.25, -0.2) is 9.97 Å². The molecule has 0 fully saturated rings. The summed E-state index contributed by atoms with van der Waals surface area (Å²) in [5.74, 6) is 1.28. The minimum atomic E-state index is -0.581. The van der Waals surface area contributed by atoms with E-state index in [0.717, 1.165) is 17.0 Å². The summed E-state index contributed by atoms with van der Waals surface area (Å²) in [6, 6.07) is 5.62. The molecule has 0 bridgehead atoms. The third kappa shape index (κ3) is 3.96. The Labute approximate surface area is 124 Å². The van der Waals surface area contributed by atoms with Crippen LogP contribution in [-0.4, -0.2) is 46.4 Å². The van der Waals surface area contributed by atoms with E-state index in [1.54, 1.807) is 13.3 Å². The highest BCUT2D eigenvalue weighted by Gasteiger charge is 2.11. The van der Waals surface area contributed by atoms with Crippen molar-refractivity contribution in [1.29, 1.82) is 0 Å². The van der Waals surface area contributed by atoms with Crippen LogP contribution in [0.4, 0.5) is 5.82 Å². The molecule has 112 valence electrons. The molecule has 6 nitrogen and oxygen atoms in total. The molecule has 0 saturated heterocycles. The summed E-state index contributed by atoms with van der Waals surface area (Å²) in [7, 11) is 1.56. The first-order chi connectivity index (χ1) is 10.1. The molecule has 6 heteroatoms. The maximum Gasteiger partial charge on any atom is 0.180 e. The molecule has 21 heavy (non-hydrogen) atoms. The Hall–Kier alpha value is -2.05. The Morgan fingerprint density at radius 1 is 1.29 bits per heavy atom. The quantitative estimate of drug-likeness (QED) is 0.840. The van der Waals surface area contributed by atoms with Crippen molar-refractivity contribution in [2.75, 3.05) is 25.6 Å². The van der Waals surface area contributed by atoms with Crippen LogP contribution in [0.3, 0.4) is 0 Å². The van der Waals surface area contributed by atoms with Gasteiger partial charge in [-0.2, -0.15) is 0 Å². The number of hydrogen-bond donors (Lipinski definition) is 2. The molecule has 2 heterocycles. The number of rotatable bonds is 6. The minimum Gasteiger partial charge on any atom is -0.389 e. The minimum absolute atomic E-state index is 0.281. The van der Waals surface area contributed by atoms with Crippen LogP contribution >= 0.6 is 0 Å². The van der Waals surface area contributed by atoms with Crippen molar-refractivity contribution in [3.63, 3.8) is 0 Å². The number of nitrogens with one attached hydrogen (secondary N) is 1. The average molecular weight is 288 g/mol. The molecule has 0 unspecified atom stereocenters. The number of aliphatic hydroxyl groups is 1. The van der Waals surface area contributed by atoms with E-state index in [1.165, 1.54) is 0 Å². The van der Waals surface area contributed by atoms with Crippen LogP contribution in [0.15, 0.2) is 24.4 Å². The zero-order chi connectivity index (χ0) is 15.2. The second kappa shape index (κ2) is 7.10. The van der Waals surface area contributed by atoms with E-state index in [-0.39, 0.29) is 6.61 Å². The zero-order valence-corrected chi connectivity index (χ0v) is 12.5. The molecule has 0 aliphatic carbocycles. The average Bonchev–Trinajstić information content (AvgIpc) is 2.50. The van der Waals surface area contributed by atoms with E-state index in [9.17, 15) is 5.11 Å². The second-order valence-electron chi connectivity index (χ2n) is 4.81. The van der Waals surface area contributed by atoms with Gasteiger partial charge in [-0.15, -0.1) is 0 Å². The summed E-state index contributed by atoms with van der Waals surface area (Å²) in [6.45, 7) is 4.53. The maximum atomic E-state index is 9.71. The topological polar surface area (TPSA) is 80.2 Å². The van der Waals surface area contributed by atoms with Crippen LogP contribution in [0.1, 0.15) is 11.3 Å². The fourth-order valence-corrected chi connectivity index (χ4v) is 1.88. The lowest BCUT2D eigenvalue weighted by molar-refractivity contribution is 0.0727. The van der Waals surface area contributed by atoms with Crippen LogP contribution < -0.4 is 5.32 Å². The van der Waals surface area contributed by atoms with Gasteiger partial charge in [0.05, 0.1) is 12.7 Å². The number of nitrogens with zero attached hydrogens (tertiary/aromatic N) is 3. The number of ether oxygens (including phenoxy) is 1. The highest BCUT2D eigenvalue weighted by Crippen LogP contribution is 2.20. The fraction of sp³-hybridized carbons (Fsp3) is 0.400. The van der Waals surface area contributed by atoms with Crippen molar-refractivity contribution in [3.8, 4) is 11.5 Å². The summed E-state index contributed by atoms with van der Waals surface area (Å²) in [4.78, 5) is 13.2. The summed E-state index contributed by atoms with van der Waals surface area (Å²) < 4.78 is 4.91. The summed E-state index contributed by atoms with van der Waals surface area (Å²) >= 11 is 0. The molecule has 2 N–H and O–H groups in total. The Morgan fingerprint density at radius 2 is 2.10 bits per heavy atom. The Balaban J connectivity index is 2.23. The van der Waals surface area contributed by atoms with E-state index < -0.39 is 6.10 Å². The molecule has 0 aromatic carbocycles. The van der Waals surface area contributed by atoms with Crippen LogP contribution in [0.2, 0.25) is 0 Å². The lowest BCUT2D eigenvalue weighted by Gasteiger charge is -2.14. The molecule has 0 saturated carbocycles. The second-order valence-corrected chi connectivity index (χ2v) is 4.81. The van der Waals surface area contributed by atoms with Crippen LogP contribution in [0.5, 0.6) is 0 Å². The SMILES string of the molecule is COC[C@H](O)CNc1nc(-c2ccccn2)nc(C)c1C. The van der Waals surface area contributed by atoms with Gasteiger partial charge >= 0.3 is 0 Å². The number of aromatic nitrogens is 3. The van der Waals surface area contributed by atoms with Crippen LogP contribution in [-0.2, 0) is 4.74 Å². The monoisotopic (exact) mass is 288 g/mol. The van der Waals surface area contributed by atoms with Gasteiger partial charge in [0.2, 0.25) is 0 Å². The van der Waals surface area contributed by atoms with Gasteiger partial charge in [0.1, 0.15) is 11.5 Å². The molecular weight excluding hydrogens is 268 g/mol. The van der Waals surface area contributed by atoms with Crippen molar-refractivity contribution in [2.24, 2.45) is 0 Å². The third-order valence-corrected chi connectivity index (χ3v) is 3.15. The van der Waals surface area contributed by atoms with Crippen molar-refractivity contribution >= 4 is 5.82 Å². The fourth-order valence-electron chi connectivity index (χ4n) is 1.88. The van der Waals surface area contributed by atoms with Crippen molar-refractivity contribution in [1.82, 2.24) is 15.0 Å². The van der Waals surface area contributed by atoms with Crippen LogP contribution in [0, 0.1) is 13.8 Å². The molecule has 0 aliphatic rings. The number of methoxy groups -OCH3 is 1. The number of anilines is 1. The number of hydrogen-bond acceptors (Lipinski definition) is 6. The largest absolute Gasteiger partial charge is 0.389 e. The van der Waals surface area contributed by atoms with Gasteiger partial charge in [-0.1, -0.05) is 6.07 Å². The number of aliphatic hydroxyl groups excluding tert-OH is 1. The standard InChI is InChI=1S/C15H20N4O2/c1-10-11(2)18-15(13-6-4-5-7-16-13)19-14(10)17-8-12(20)9-21-3/h4-7,12,20H,8-9H2,1-3H3,(H,17,18,19)/t12-/m1/s1. The first-order valence-electron chi connectivity index (χ1n) is 6.79. The smallest absolute Gasteiger partial charge is 0.180 e. The maximum absolute atomic E-state index is 9.71. The van der Waals surface area contributed by atoms with Gasteiger partial charge in [0, 0.05) is 31.1 Å². The Morgan fingerprint density at radius 3 is 2.76 bits per heavy atom. The highest BCUT2D eigenvalue weighted by molar-refractivity contribution is 5.56. The molecule has 0 spiro atoms.